The highest BCUT2D eigenvalue weighted by molar-refractivity contribution is 5.49. The molecule has 0 spiro atoms. The van der Waals surface area contributed by atoms with Gasteiger partial charge in [-0.05, 0) is 11.8 Å². The Kier molecular flexibility index (Phi) is 5.35. The molecule has 0 aliphatic rings. The molecule has 1 heteroatoms. The molecule has 0 heterocycles. The number of carbonyl (C=O) groups is 1. The van der Waals surface area contributed by atoms with Gasteiger partial charge in [-0.25, -0.2) is 0 Å². The Hall–Kier alpha value is -0.850. The van der Waals surface area contributed by atoms with Crippen LogP contribution in [0.5, 0.6) is 0 Å². The second kappa shape index (κ2) is 5.76. The van der Waals surface area contributed by atoms with E-state index in [0.29, 0.717) is 6.42 Å². The van der Waals surface area contributed by atoms with Crippen LogP contribution in [0.1, 0.15) is 33.6 Å². The number of unbranched alkanes of at least 4 members (excludes halogenated alkanes) is 1. The van der Waals surface area contributed by atoms with E-state index in [-0.39, 0.29) is 5.41 Å². The predicted octanol–water partition coefficient (Wildman–Crippen LogP) is 3.12. The molecule has 1 nitrogen and oxygen atoms in total. The number of hydrogen-bond donors (Lipinski definition) is 0. The number of allylic oxidation sites excluding steroid dienone is 4. The third-order valence-electron chi connectivity index (χ3n) is 1.29. The number of aldehydes is 1. The highest BCUT2D eigenvalue weighted by Gasteiger charge is 2.01. The molecule has 0 radical (unpaired) electrons. The van der Waals surface area contributed by atoms with Crippen LogP contribution in [-0.4, -0.2) is 6.29 Å². The Balaban J connectivity index is 3.59. The molecule has 0 fully saturated rings. The molecule has 0 aromatic heterocycles. The molecular weight excluding hydrogens is 148 g/mol. The van der Waals surface area contributed by atoms with Crippen molar-refractivity contribution in [1.82, 2.24) is 0 Å². The first-order valence-corrected chi connectivity index (χ1v) is 4.34. The molecule has 0 aliphatic carbocycles. The summed E-state index contributed by atoms with van der Waals surface area (Å²) >= 11 is 0. The van der Waals surface area contributed by atoms with Crippen molar-refractivity contribution >= 4 is 6.29 Å². The SMILES string of the molecule is CC(C)(C)/C=C/C=C/CCC=O. The fraction of sp³-hybridized carbons (Fsp3) is 0.545. The van der Waals surface area contributed by atoms with Crippen molar-refractivity contribution in [3.05, 3.63) is 24.3 Å². The molecule has 12 heavy (non-hydrogen) atoms. The van der Waals surface area contributed by atoms with Crippen LogP contribution in [-0.2, 0) is 4.79 Å². The number of carbonyl (C=O) groups excluding carboxylic acids is 1. The van der Waals surface area contributed by atoms with Gasteiger partial charge in [0.25, 0.3) is 0 Å². The fourth-order valence-corrected chi connectivity index (χ4v) is 0.683. The van der Waals surface area contributed by atoms with Crippen LogP contribution in [0.25, 0.3) is 0 Å². The molecule has 0 bridgehead atoms. The third-order valence-corrected chi connectivity index (χ3v) is 1.29. The van der Waals surface area contributed by atoms with Crippen molar-refractivity contribution in [3.63, 3.8) is 0 Å². The van der Waals surface area contributed by atoms with E-state index in [2.05, 4.69) is 26.8 Å². The lowest BCUT2D eigenvalue weighted by Gasteiger charge is -2.09. The Labute approximate surface area is 75.2 Å². The van der Waals surface area contributed by atoms with Crippen LogP contribution < -0.4 is 0 Å². The summed E-state index contributed by atoms with van der Waals surface area (Å²) in [4.78, 5) is 9.94. The van der Waals surface area contributed by atoms with E-state index in [4.69, 9.17) is 0 Å². The summed E-state index contributed by atoms with van der Waals surface area (Å²) in [6, 6.07) is 0. The zero-order valence-corrected chi connectivity index (χ0v) is 8.21. The van der Waals surface area contributed by atoms with Gasteiger partial charge >= 0.3 is 0 Å². The average molecular weight is 166 g/mol. The summed E-state index contributed by atoms with van der Waals surface area (Å²) in [5.41, 5.74) is 0.245. The predicted molar refractivity (Wildman–Crippen MR) is 53.0 cm³/mol. The van der Waals surface area contributed by atoms with Crippen LogP contribution in [0.4, 0.5) is 0 Å². The monoisotopic (exact) mass is 166 g/mol. The van der Waals surface area contributed by atoms with Gasteiger partial charge in [0.1, 0.15) is 6.29 Å². The van der Waals surface area contributed by atoms with E-state index in [1.807, 2.05) is 18.2 Å². The highest BCUT2D eigenvalue weighted by atomic mass is 16.1. The van der Waals surface area contributed by atoms with Crippen LogP contribution in [0.15, 0.2) is 24.3 Å². The van der Waals surface area contributed by atoms with Crippen molar-refractivity contribution in [2.75, 3.05) is 0 Å². The third kappa shape index (κ3) is 9.15. The second-order valence-electron chi connectivity index (χ2n) is 3.90. The lowest BCUT2D eigenvalue weighted by molar-refractivity contribution is -0.107. The molecule has 0 amide bonds. The van der Waals surface area contributed by atoms with Gasteiger partial charge in [-0.1, -0.05) is 45.1 Å². The van der Waals surface area contributed by atoms with Gasteiger partial charge in [0.05, 0.1) is 0 Å². The van der Waals surface area contributed by atoms with Gasteiger partial charge in [-0.15, -0.1) is 0 Å². The summed E-state index contributed by atoms with van der Waals surface area (Å²) in [5, 5.41) is 0. The summed E-state index contributed by atoms with van der Waals surface area (Å²) in [6.45, 7) is 6.47. The summed E-state index contributed by atoms with van der Waals surface area (Å²) in [5.74, 6) is 0. The van der Waals surface area contributed by atoms with Crippen LogP contribution in [0, 0.1) is 5.41 Å². The smallest absolute Gasteiger partial charge is 0.120 e. The van der Waals surface area contributed by atoms with Crippen LogP contribution >= 0.6 is 0 Å². The van der Waals surface area contributed by atoms with E-state index >= 15 is 0 Å². The highest BCUT2D eigenvalue weighted by Crippen LogP contribution is 2.14. The largest absolute Gasteiger partial charge is 0.303 e. The van der Waals surface area contributed by atoms with E-state index in [9.17, 15) is 4.79 Å². The minimum atomic E-state index is 0.245. The molecule has 68 valence electrons. The average Bonchev–Trinajstić information content (AvgIpc) is 1.94. The molecule has 0 saturated carbocycles. The van der Waals surface area contributed by atoms with Gasteiger partial charge in [0.15, 0.2) is 0 Å². The molecular formula is C11H18O. The summed E-state index contributed by atoms with van der Waals surface area (Å²) in [7, 11) is 0. The minimum absolute atomic E-state index is 0.245. The topological polar surface area (TPSA) is 17.1 Å². The van der Waals surface area contributed by atoms with Crippen LogP contribution in [0.2, 0.25) is 0 Å². The van der Waals surface area contributed by atoms with Gasteiger partial charge in [0, 0.05) is 6.42 Å². The maximum atomic E-state index is 9.94. The van der Waals surface area contributed by atoms with E-state index < -0.39 is 0 Å². The number of rotatable bonds is 4. The zero-order chi connectivity index (χ0) is 9.45. The van der Waals surface area contributed by atoms with Crippen molar-refractivity contribution in [1.29, 1.82) is 0 Å². The van der Waals surface area contributed by atoms with Crippen molar-refractivity contribution in [2.24, 2.45) is 5.41 Å². The molecule has 0 rings (SSSR count). The first kappa shape index (κ1) is 11.2. The molecule has 0 unspecified atom stereocenters. The van der Waals surface area contributed by atoms with Gasteiger partial charge < -0.3 is 4.79 Å². The maximum absolute atomic E-state index is 9.94. The standard InChI is InChI=1S/C11H18O/c1-11(2,3)9-7-5-4-6-8-10-12/h4-5,7,9-10H,6,8H2,1-3H3/b5-4+,9-7+. The Bertz CT molecular complexity index is 170. The Morgan fingerprint density at radius 1 is 1.08 bits per heavy atom. The van der Waals surface area contributed by atoms with Gasteiger partial charge in [0.2, 0.25) is 0 Å². The van der Waals surface area contributed by atoms with E-state index in [1.54, 1.807) is 0 Å². The fourth-order valence-electron chi connectivity index (χ4n) is 0.683. The van der Waals surface area contributed by atoms with Gasteiger partial charge in [-0.2, -0.15) is 0 Å². The molecule has 0 aromatic carbocycles. The van der Waals surface area contributed by atoms with Gasteiger partial charge in [-0.3, -0.25) is 0 Å². The first-order chi connectivity index (χ1) is 5.56. The van der Waals surface area contributed by atoms with E-state index in [1.165, 1.54) is 0 Å². The lowest BCUT2D eigenvalue weighted by atomic mass is 9.96. The molecule has 0 saturated heterocycles. The Morgan fingerprint density at radius 3 is 2.25 bits per heavy atom. The van der Waals surface area contributed by atoms with E-state index in [0.717, 1.165) is 12.7 Å². The summed E-state index contributed by atoms with van der Waals surface area (Å²) in [6.07, 6.45) is 10.6. The molecule has 0 aromatic rings. The summed E-state index contributed by atoms with van der Waals surface area (Å²) < 4.78 is 0. The minimum Gasteiger partial charge on any atom is -0.303 e. The molecule has 0 aliphatic heterocycles. The van der Waals surface area contributed by atoms with Crippen LogP contribution in [0.3, 0.4) is 0 Å². The maximum Gasteiger partial charge on any atom is 0.120 e. The van der Waals surface area contributed by atoms with Crippen molar-refractivity contribution < 1.29 is 4.79 Å². The Morgan fingerprint density at radius 2 is 1.75 bits per heavy atom. The van der Waals surface area contributed by atoms with Crippen molar-refractivity contribution in [3.8, 4) is 0 Å². The zero-order valence-electron chi connectivity index (χ0n) is 8.21. The first-order valence-electron chi connectivity index (χ1n) is 4.34. The second-order valence-corrected chi connectivity index (χ2v) is 3.90. The van der Waals surface area contributed by atoms with Crippen molar-refractivity contribution in [2.45, 2.75) is 33.6 Å². The quantitative estimate of drug-likeness (QED) is 0.356. The molecule has 0 N–H and O–H groups in total. The number of hydrogen-bond acceptors (Lipinski definition) is 1. The normalized spacial score (nSPS) is 12.9. The lowest BCUT2D eigenvalue weighted by Crippen LogP contribution is -1.97. The molecule has 0 atom stereocenters.